The van der Waals surface area contributed by atoms with Crippen LogP contribution >= 0.6 is 15.9 Å². The average molecular weight is 408 g/mol. The number of alkyl halides is 1. The van der Waals surface area contributed by atoms with Crippen LogP contribution in [0.2, 0.25) is 0 Å². The maximum absolute atomic E-state index is 12.7. The van der Waals surface area contributed by atoms with E-state index < -0.39 is 23.2 Å². The van der Waals surface area contributed by atoms with E-state index in [1.165, 1.54) is 4.90 Å². The summed E-state index contributed by atoms with van der Waals surface area (Å²) in [6.45, 7) is 13.8. The SMILES string of the molecule is CCOC(=O)[C@@H](N(CCCCCBr)C(=O)OC(C)(C)C)C(C)(C)C. The van der Waals surface area contributed by atoms with Crippen LogP contribution in [-0.4, -0.2) is 47.1 Å². The van der Waals surface area contributed by atoms with E-state index in [1.54, 1.807) is 6.92 Å². The first-order valence-corrected chi connectivity index (χ1v) is 9.78. The lowest BCUT2D eigenvalue weighted by molar-refractivity contribution is -0.153. The highest BCUT2D eigenvalue weighted by atomic mass is 79.9. The molecule has 0 heterocycles. The number of halogens is 1. The monoisotopic (exact) mass is 407 g/mol. The highest BCUT2D eigenvalue weighted by Gasteiger charge is 2.41. The molecule has 5 nitrogen and oxygen atoms in total. The second kappa shape index (κ2) is 10.3. The van der Waals surface area contributed by atoms with Crippen LogP contribution in [0.4, 0.5) is 4.79 Å². The summed E-state index contributed by atoms with van der Waals surface area (Å²) in [5.41, 5.74) is -1.05. The Bertz CT molecular complexity index is 399. The van der Waals surface area contributed by atoms with Gasteiger partial charge in [-0.25, -0.2) is 9.59 Å². The molecule has 6 heteroatoms. The maximum Gasteiger partial charge on any atom is 0.411 e. The Balaban J connectivity index is 5.41. The smallest absolute Gasteiger partial charge is 0.411 e. The molecule has 0 aromatic heterocycles. The zero-order chi connectivity index (χ0) is 19.0. The molecule has 0 aliphatic carbocycles. The van der Waals surface area contributed by atoms with Gasteiger partial charge in [0.05, 0.1) is 6.61 Å². The van der Waals surface area contributed by atoms with Gasteiger partial charge in [0.15, 0.2) is 0 Å². The van der Waals surface area contributed by atoms with Gasteiger partial charge in [0.25, 0.3) is 0 Å². The lowest BCUT2D eigenvalue weighted by atomic mass is 9.85. The Morgan fingerprint density at radius 3 is 2.04 bits per heavy atom. The molecule has 0 aliphatic rings. The Kier molecular flexibility index (Phi) is 9.93. The van der Waals surface area contributed by atoms with Gasteiger partial charge in [-0.3, -0.25) is 4.90 Å². The Labute approximate surface area is 155 Å². The number of rotatable bonds is 8. The Hall–Kier alpha value is -0.780. The number of ether oxygens (including phenoxy) is 2. The molecular formula is C18H34BrNO4. The van der Waals surface area contributed by atoms with Crippen molar-refractivity contribution in [1.29, 1.82) is 0 Å². The molecule has 0 rings (SSSR count). The van der Waals surface area contributed by atoms with Crippen molar-refractivity contribution < 1.29 is 19.1 Å². The van der Waals surface area contributed by atoms with Crippen LogP contribution in [0.3, 0.4) is 0 Å². The van der Waals surface area contributed by atoms with E-state index in [0.29, 0.717) is 6.54 Å². The minimum absolute atomic E-state index is 0.289. The standard InChI is InChI=1S/C18H34BrNO4/c1-8-23-15(21)14(17(2,3)4)20(13-11-9-10-12-19)16(22)24-18(5,6)7/h14H,8-13H2,1-7H3/t14-/m1/s1. The van der Waals surface area contributed by atoms with Crippen LogP contribution < -0.4 is 0 Å². The van der Waals surface area contributed by atoms with Crippen molar-refractivity contribution in [3.63, 3.8) is 0 Å². The van der Waals surface area contributed by atoms with Crippen molar-refractivity contribution in [2.24, 2.45) is 5.41 Å². The van der Waals surface area contributed by atoms with Gasteiger partial charge < -0.3 is 9.47 Å². The molecule has 0 N–H and O–H groups in total. The number of unbranched alkanes of at least 4 members (excludes halogenated alkanes) is 2. The van der Waals surface area contributed by atoms with Crippen molar-refractivity contribution in [2.45, 2.75) is 79.4 Å². The van der Waals surface area contributed by atoms with Gasteiger partial charge in [0.2, 0.25) is 0 Å². The van der Waals surface area contributed by atoms with Crippen LogP contribution in [0.15, 0.2) is 0 Å². The lowest BCUT2D eigenvalue weighted by Gasteiger charge is -2.38. The number of nitrogens with zero attached hydrogens (tertiary/aromatic N) is 1. The number of amides is 1. The molecule has 0 spiro atoms. The quantitative estimate of drug-likeness (QED) is 0.330. The van der Waals surface area contributed by atoms with Gasteiger partial charge in [-0.1, -0.05) is 43.1 Å². The van der Waals surface area contributed by atoms with E-state index in [2.05, 4.69) is 15.9 Å². The van der Waals surface area contributed by atoms with Crippen LogP contribution in [-0.2, 0) is 14.3 Å². The number of hydrogen-bond acceptors (Lipinski definition) is 4. The summed E-state index contributed by atoms with van der Waals surface area (Å²) in [5.74, 6) is -0.378. The molecule has 24 heavy (non-hydrogen) atoms. The largest absolute Gasteiger partial charge is 0.464 e. The number of carbonyl (C=O) groups excluding carboxylic acids is 2. The highest BCUT2D eigenvalue weighted by Crippen LogP contribution is 2.28. The summed E-state index contributed by atoms with van der Waals surface area (Å²) in [4.78, 5) is 26.8. The zero-order valence-corrected chi connectivity index (χ0v) is 17.9. The third kappa shape index (κ3) is 8.90. The summed E-state index contributed by atoms with van der Waals surface area (Å²) in [5, 5.41) is 0.931. The van der Waals surface area contributed by atoms with Gasteiger partial charge >= 0.3 is 12.1 Å². The molecule has 0 saturated carbocycles. The van der Waals surface area contributed by atoms with Gasteiger partial charge in [0, 0.05) is 11.9 Å². The van der Waals surface area contributed by atoms with Crippen LogP contribution in [0.5, 0.6) is 0 Å². The van der Waals surface area contributed by atoms with Crippen LogP contribution in [0.1, 0.15) is 67.7 Å². The van der Waals surface area contributed by atoms with Crippen molar-refractivity contribution in [3.05, 3.63) is 0 Å². The van der Waals surface area contributed by atoms with E-state index in [9.17, 15) is 9.59 Å². The molecule has 0 aromatic rings. The summed E-state index contributed by atoms with van der Waals surface area (Å²) in [6, 6.07) is -0.670. The fourth-order valence-electron chi connectivity index (χ4n) is 2.37. The van der Waals surface area contributed by atoms with E-state index in [1.807, 2.05) is 41.5 Å². The number of hydrogen-bond donors (Lipinski definition) is 0. The summed E-state index contributed by atoms with van der Waals surface area (Å²) in [7, 11) is 0. The van der Waals surface area contributed by atoms with Crippen molar-refractivity contribution in [3.8, 4) is 0 Å². The lowest BCUT2D eigenvalue weighted by Crippen LogP contribution is -2.54. The van der Waals surface area contributed by atoms with Gasteiger partial charge in [-0.2, -0.15) is 0 Å². The first kappa shape index (κ1) is 23.2. The summed E-state index contributed by atoms with van der Waals surface area (Å²) < 4.78 is 10.8. The second-order valence-electron chi connectivity index (χ2n) is 7.94. The molecule has 0 saturated heterocycles. The van der Waals surface area contributed by atoms with Gasteiger partial charge in [0.1, 0.15) is 11.6 Å². The van der Waals surface area contributed by atoms with E-state index >= 15 is 0 Å². The van der Waals surface area contributed by atoms with Crippen molar-refractivity contribution >= 4 is 28.0 Å². The van der Waals surface area contributed by atoms with Crippen LogP contribution in [0.25, 0.3) is 0 Å². The molecule has 0 unspecified atom stereocenters. The molecule has 0 bridgehead atoms. The van der Waals surface area contributed by atoms with Gasteiger partial charge in [-0.05, 0) is 46.0 Å². The van der Waals surface area contributed by atoms with E-state index in [4.69, 9.17) is 9.47 Å². The Morgan fingerprint density at radius 1 is 1.04 bits per heavy atom. The van der Waals surface area contributed by atoms with Crippen LogP contribution in [0, 0.1) is 5.41 Å². The third-order valence-corrected chi connectivity index (χ3v) is 3.86. The number of esters is 1. The minimum atomic E-state index is -0.670. The molecule has 1 atom stereocenters. The average Bonchev–Trinajstić information content (AvgIpc) is 2.38. The predicted molar refractivity (Wildman–Crippen MR) is 100 cm³/mol. The van der Waals surface area contributed by atoms with E-state index in [-0.39, 0.29) is 12.6 Å². The predicted octanol–water partition coefficient (Wildman–Crippen LogP) is 4.77. The molecule has 0 aliphatic heterocycles. The molecule has 1 amide bonds. The fraction of sp³-hybridized carbons (Fsp3) is 0.889. The molecule has 0 radical (unpaired) electrons. The van der Waals surface area contributed by atoms with E-state index in [0.717, 1.165) is 24.6 Å². The maximum atomic E-state index is 12.7. The first-order chi connectivity index (χ1) is 10.9. The summed E-state index contributed by atoms with van der Waals surface area (Å²) >= 11 is 3.41. The topological polar surface area (TPSA) is 55.8 Å². The first-order valence-electron chi connectivity index (χ1n) is 8.66. The van der Waals surface area contributed by atoms with Gasteiger partial charge in [-0.15, -0.1) is 0 Å². The molecular weight excluding hydrogens is 374 g/mol. The second-order valence-corrected chi connectivity index (χ2v) is 8.74. The highest BCUT2D eigenvalue weighted by molar-refractivity contribution is 9.09. The third-order valence-electron chi connectivity index (χ3n) is 3.30. The summed E-state index contributed by atoms with van der Waals surface area (Å²) in [6.07, 6.45) is 2.36. The molecule has 142 valence electrons. The van der Waals surface area contributed by atoms with Crippen molar-refractivity contribution in [2.75, 3.05) is 18.5 Å². The van der Waals surface area contributed by atoms with Crippen molar-refractivity contribution in [1.82, 2.24) is 4.90 Å². The fourth-order valence-corrected chi connectivity index (χ4v) is 2.77. The number of carbonyl (C=O) groups is 2. The minimum Gasteiger partial charge on any atom is -0.464 e. The molecule has 0 aromatic carbocycles. The normalized spacial score (nSPS) is 13.3. The molecule has 0 fully saturated rings. The Morgan fingerprint density at radius 2 is 1.62 bits per heavy atom. The zero-order valence-electron chi connectivity index (χ0n) is 16.3.